The number of hydrogen-bond donors (Lipinski definition) is 0. The summed E-state index contributed by atoms with van der Waals surface area (Å²) in [5.41, 5.74) is 0.555. The molecule has 0 radical (unpaired) electrons. The van der Waals surface area contributed by atoms with E-state index >= 15 is 0 Å². The maximum absolute atomic E-state index is 12.0. The summed E-state index contributed by atoms with van der Waals surface area (Å²) in [4.78, 5) is 12.0. The van der Waals surface area contributed by atoms with Crippen LogP contribution in [0.1, 0.15) is 16.9 Å². The van der Waals surface area contributed by atoms with Gasteiger partial charge in [0.05, 0.1) is 11.2 Å². The highest BCUT2D eigenvalue weighted by Crippen LogP contribution is 2.28. The molecule has 76 valence electrons. The molecule has 0 saturated carbocycles. The Hall–Kier alpha value is -0.480. The zero-order valence-corrected chi connectivity index (χ0v) is 9.44. The molecule has 3 nitrogen and oxygen atoms in total. The van der Waals surface area contributed by atoms with Gasteiger partial charge in [0.2, 0.25) is 0 Å². The van der Waals surface area contributed by atoms with E-state index in [1.54, 1.807) is 11.7 Å². The molecule has 0 spiro atoms. The quantitative estimate of drug-likeness (QED) is 0.729. The first-order chi connectivity index (χ1) is 6.70. The van der Waals surface area contributed by atoms with Crippen LogP contribution in [0.2, 0.25) is 5.02 Å². The van der Waals surface area contributed by atoms with E-state index in [-0.39, 0.29) is 11.7 Å². The normalized spacial score (nSPS) is 21.4. The molecule has 0 aromatic carbocycles. The van der Waals surface area contributed by atoms with Gasteiger partial charge in [-0.15, -0.1) is 0 Å². The molecule has 1 aliphatic heterocycles. The van der Waals surface area contributed by atoms with E-state index in [0.29, 0.717) is 10.7 Å². The minimum absolute atomic E-state index is 0.132. The average Bonchev–Trinajstić information content (AvgIpc) is 2.75. The number of thioether (sulfide) groups is 1. The van der Waals surface area contributed by atoms with Crippen LogP contribution < -0.4 is 0 Å². The van der Waals surface area contributed by atoms with Crippen LogP contribution >= 0.6 is 23.4 Å². The number of carbonyl (C=O) groups is 1. The third-order valence-corrected chi connectivity index (χ3v) is 3.87. The van der Waals surface area contributed by atoms with E-state index in [1.165, 1.54) is 6.20 Å². The topological polar surface area (TPSA) is 34.9 Å². The lowest BCUT2D eigenvalue weighted by Gasteiger charge is -2.07. The zero-order valence-electron chi connectivity index (χ0n) is 7.86. The number of halogens is 1. The lowest BCUT2D eigenvalue weighted by atomic mass is 10.0. The molecule has 5 heteroatoms. The van der Waals surface area contributed by atoms with Crippen molar-refractivity contribution < 1.29 is 4.79 Å². The standard InChI is InChI=1S/C9H11ClN2OS/c1-12-8(7(10)4-11-12)9(13)6-2-3-14-5-6/h4,6H,2-3,5H2,1H3. The fraction of sp³-hybridized carbons (Fsp3) is 0.556. The van der Waals surface area contributed by atoms with Crippen molar-refractivity contribution in [3.8, 4) is 0 Å². The molecule has 1 fully saturated rings. The molecule has 14 heavy (non-hydrogen) atoms. The fourth-order valence-electron chi connectivity index (χ4n) is 1.62. The summed E-state index contributed by atoms with van der Waals surface area (Å²) in [6.45, 7) is 0. The van der Waals surface area contributed by atoms with Gasteiger partial charge in [-0.1, -0.05) is 11.6 Å². The van der Waals surface area contributed by atoms with Crippen LogP contribution in [0.5, 0.6) is 0 Å². The van der Waals surface area contributed by atoms with Crippen molar-refractivity contribution in [1.29, 1.82) is 0 Å². The number of carbonyl (C=O) groups excluding carboxylic acids is 1. The van der Waals surface area contributed by atoms with Crippen molar-refractivity contribution >= 4 is 29.1 Å². The highest BCUT2D eigenvalue weighted by atomic mass is 35.5. The molecule has 0 N–H and O–H groups in total. The van der Waals surface area contributed by atoms with Gasteiger partial charge in [-0.3, -0.25) is 9.48 Å². The molecule has 0 bridgehead atoms. The van der Waals surface area contributed by atoms with E-state index in [1.807, 2.05) is 11.8 Å². The van der Waals surface area contributed by atoms with Gasteiger partial charge in [0.15, 0.2) is 5.78 Å². The van der Waals surface area contributed by atoms with Crippen molar-refractivity contribution in [2.75, 3.05) is 11.5 Å². The van der Waals surface area contributed by atoms with Crippen LogP contribution in [0.3, 0.4) is 0 Å². The van der Waals surface area contributed by atoms with Crippen LogP contribution in [0.4, 0.5) is 0 Å². The van der Waals surface area contributed by atoms with Crippen molar-refractivity contribution in [1.82, 2.24) is 9.78 Å². The number of nitrogens with zero attached hydrogens (tertiary/aromatic N) is 2. The molecule has 2 heterocycles. The molecule has 1 atom stereocenters. The summed E-state index contributed by atoms with van der Waals surface area (Å²) in [7, 11) is 1.75. The maximum Gasteiger partial charge on any atom is 0.186 e. The van der Waals surface area contributed by atoms with Gasteiger partial charge in [0, 0.05) is 18.7 Å². The van der Waals surface area contributed by atoms with Crippen molar-refractivity contribution in [3.05, 3.63) is 16.9 Å². The third-order valence-electron chi connectivity index (χ3n) is 2.43. The molecule has 1 unspecified atom stereocenters. The summed E-state index contributed by atoms with van der Waals surface area (Å²) in [5, 5.41) is 4.43. The Labute approximate surface area is 91.8 Å². The van der Waals surface area contributed by atoms with E-state index in [4.69, 9.17) is 11.6 Å². The Morgan fingerprint density at radius 2 is 2.57 bits per heavy atom. The van der Waals surface area contributed by atoms with Gasteiger partial charge in [-0.25, -0.2) is 0 Å². The molecule has 1 aliphatic rings. The van der Waals surface area contributed by atoms with E-state index in [0.717, 1.165) is 17.9 Å². The minimum Gasteiger partial charge on any atom is -0.292 e. The van der Waals surface area contributed by atoms with Gasteiger partial charge in [0.25, 0.3) is 0 Å². The predicted octanol–water partition coefficient (Wildman–Crippen LogP) is 2.01. The van der Waals surface area contributed by atoms with E-state index < -0.39 is 0 Å². The van der Waals surface area contributed by atoms with Crippen LogP contribution in [0, 0.1) is 5.92 Å². The van der Waals surface area contributed by atoms with Gasteiger partial charge >= 0.3 is 0 Å². The number of aromatic nitrogens is 2. The lowest BCUT2D eigenvalue weighted by molar-refractivity contribution is 0.0924. The number of ketones is 1. The first-order valence-electron chi connectivity index (χ1n) is 4.49. The van der Waals surface area contributed by atoms with Gasteiger partial charge in [0.1, 0.15) is 5.69 Å². The Bertz CT molecular complexity index is 338. The number of aryl methyl sites for hydroxylation is 1. The second-order valence-electron chi connectivity index (χ2n) is 3.39. The van der Waals surface area contributed by atoms with Gasteiger partial charge in [-0.05, 0) is 12.2 Å². The molecule has 2 rings (SSSR count). The second-order valence-corrected chi connectivity index (χ2v) is 4.95. The largest absolute Gasteiger partial charge is 0.292 e. The highest BCUT2D eigenvalue weighted by Gasteiger charge is 2.27. The Kier molecular flexibility index (Phi) is 2.83. The summed E-state index contributed by atoms with van der Waals surface area (Å²) in [6.07, 6.45) is 2.49. The molecular formula is C9H11ClN2OS. The number of rotatable bonds is 2. The fourth-order valence-corrected chi connectivity index (χ4v) is 3.10. The van der Waals surface area contributed by atoms with Crippen LogP contribution in [0.25, 0.3) is 0 Å². The SMILES string of the molecule is Cn1ncc(Cl)c1C(=O)C1CCSC1. The summed E-state index contributed by atoms with van der Waals surface area (Å²) < 4.78 is 1.56. The number of hydrogen-bond acceptors (Lipinski definition) is 3. The van der Waals surface area contributed by atoms with Crippen molar-refractivity contribution in [2.45, 2.75) is 6.42 Å². The molecular weight excluding hydrogens is 220 g/mol. The van der Waals surface area contributed by atoms with E-state index in [9.17, 15) is 4.79 Å². The van der Waals surface area contributed by atoms with Crippen molar-refractivity contribution in [2.24, 2.45) is 13.0 Å². The molecule has 1 saturated heterocycles. The van der Waals surface area contributed by atoms with Gasteiger partial charge in [-0.2, -0.15) is 16.9 Å². The zero-order chi connectivity index (χ0) is 10.1. The van der Waals surface area contributed by atoms with Gasteiger partial charge < -0.3 is 0 Å². The summed E-state index contributed by atoms with van der Waals surface area (Å²) in [6, 6.07) is 0. The summed E-state index contributed by atoms with van der Waals surface area (Å²) in [5.74, 6) is 2.26. The molecule has 0 amide bonds. The number of Topliss-reactive ketones (excluding diaryl/α,β-unsaturated/α-hetero) is 1. The van der Waals surface area contributed by atoms with E-state index in [2.05, 4.69) is 5.10 Å². The first kappa shape index (κ1) is 10.1. The summed E-state index contributed by atoms with van der Waals surface area (Å²) >= 11 is 7.73. The van der Waals surface area contributed by atoms with Crippen molar-refractivity contribution in [3.63, 3.8) is 0 Å². The molecule has 1 aromatic rings. The Morgan fingerprint density at radius 1 is 1.79 bits per heavy atom. The monoisotopic (exact) mass is 230 g/mol. The molecule has 0 aliphatic carbocycles. The highest BCUT2D eigenvalue weighted by molar-refractivity contribution is 7.99. The lowest BCUT2D eigenvalue weighted by Crippen LogP contribution is -2.17. The van der Waals surface area contributed by atoms with Crippen LogP contribution in [-0.2, 0) is 7.05 Å². The third kappa shape index (κ3) is 1.68. The minimum atomic E-state index is 0.132. The maximum atomic E-state index is 12.0. The second kappa shape index (κ2) is 3.95. The van der Waals surface area contributed by atoms with Crippen LogP contribution in [0.15, 0.2) is 6.20 Å². The first-order valence-corrected chi connectivity index (χ1v) is 6.03. The predicted molar refractivity (Wildman–Crippen MR) is 58.0 cm³/mol. The smallest absolute Gasteiger partial charge is 0.186 e. The average molecular weight is 231 g/mol. The Balaban J connectivity index is 2.25. The molecule has 1 aromatic heterocycles. The Morgan fingerprint density at radius 3 is 3.07 bits per heavy atom. The van der Waals surface area contributed by atoms with Crippen LogP contribution in [-0.4, -0.2) is 27.1 Å².